The number of pyridine rings is 1. The normalized spacial score (nSPS) is 16.7. The van der Waals surface area contributed by atoms with Gasteiger partial charge in [0, 0.05) is 35.6 Å². The third kappa shape index (κ3) is 6.88. The number of hydrogen-bond donors (Lipinski definition) is 1. The number of aromatic nitrogens is 1. The predicted octanol–water partition coefficient (Wildman–Crippen LogP) is 7.67. The van der Waals surface area contributed by atoms with Gasteiger partial charge in [0.05, 0.1) is 11.3 Å². The summed E-state index contributed by atoms with van der Waals surface area (Å²) in [7, 11) is 0. The molecule has 1 aliphatic heterocycles. The van der Waals surface area contributed by atoms with E-state index in [1.165, 1.54) is 24.8 Å². The van der Waals surface area contributed by atoms with Crippen molar-refractivity contribution in [1.29, 1.82) is 0 Å². The number of carboxylic acid groups (broad SMARTS) is 1. The number of aryl methyl sites for hydroxylation is 3. The van der Waals surface area contributed by atoms with Crippen molar-refractivity contribution in [1.82, 2.24) is 4.98 Å². The van der Waals surface area contributed by atoms with Crippen LogP contribution in [0.1, 0.15) is 102 Å². The Kier molecular flexibility index (Phi) is 8.87. The summed E-state index contributed by atoms with van der Waals surface area (Å²) in [6.07, 6.45) is 5.76. The zero-order valence-electron chi connectivity index (χ0n) is 23.7. The molecule has 1 aromatic heterocycles. The second kappa shape index (κ2) is 11.3. The largest absolute Gasteiger partial charge is 0.479 e. The van der Waals surface area contributed by atoms with Crippen molar-refractivity contribution < 1.29 is 14.6 Å². The molecule has 0 bridgehead atoms. The predicted molar refractivity (Wildman–Crippen MR) is 149 cm³/mol. The highest BCUT2D eigenvalue weighted by Crippen LogP contribution is 2.44. The standard InChI is InChI=1S/C31H46N2O3/c1-9-10-11-12-23-13-15-24(16-14-23)25-21(2)32-22(3)26(28(29(34)35)36-30(4,5)6)27(25)33-19-17-31(7,8)18-20-33/h13-16,28H,9-12,17-20H2,1-8H3,(H,34,35)/t28-/m0/s1. The van der Waals surface area contributed by atoms with Gasteiger partial charge in [0.25, 0.3) is 0 Å². The Hall–Kier alpha value is -2.40. The van der Waals surface area contributed by atoms with Crippen molar-refractivity contribution in [2.45, 2.75) is 106 Å². The van der Waals surface area contributed by atoms with Gasteiger partial charge in [-0.15, -0.1) is 0 Å². The van der Waals surface area contributed by atoms with Gasteiger partial charge in [0.1, 0.15) is 0 Å². The molecule has 5 nitrogen and oxygen atoms in total. The first-order valence-electron chi connectivity index (χ1n) is 13.6. The summed E-state index contributed by atoms with van der Waals surface area (Å²) < 4.78 is 6.18. The maximum absolute atomic E-state index is 12.6. The first kappa shape index (κ1) is 28.2. The summed E-state index contributed by atoms with van der Waals surface area (Å²) in [5.74, 6) is -0.977. The molecule has 0 amide bonds. The van der Waals surface area contributed by atoms with E-state index in [2.05, 4.69) is 49.9 Å². The van der Waals surface area contributed by atoms with Gasteiger partial charge in [-0.2, -0.15) is 0 Å². The van der Waals surface area contributed by atoms with E-state index in [1.807, 2.05) is 34.6 Å². The molecule has 198 valence electrons. The second-order valence-corrected chi connectivity index (χ2v) is 12.2. The van der Waals surface area contributed by atoms with Crippen LogP contribution in [-0.2, 0) is 16.0 Å². The Balaban J connectivity index is 2.18. The molecule has 0 spiro atoms. The number of nitrogens with zero attached hydrogens (tertiary/aromatic N) is 2. The van der Waals surface area contributed by atoms with Gasteiger partial charge in [-0.3, -0.25) is 4.98 Å². The minimum atomic E-state index is -1.09. The van der Waals surface area contributed by atoms with Crippen LogP contribution < -0.4 is 4.90 Å². The molecule has 1 atom stereocenters. The van der Waals surface area contributed by atoms with E-state index < -0.39 is 17.7 Å². The third-order valence-electron chi connectivity index (χ3n) is 7.28. The third-order valence-corrected chi connectivity index (χ3v) is 7.28. The lowest BCUT2D eigenvalue weighted by molar-refractivity contribution is -0.160. The Labute approximate surface area is 218 Å². The molecular weight excluding hydrogens is 448 g/mol. The van der Waals surface area contributed by atoms with E-state index in [0.29, 0.717) is 5.56 Å². The average molecular weight is 495 g/mol. The van der Waals surface area contributed by atoms with Crippen LogP contribution in [0.25, 0.3) is 11.1 Å². The van der Waals surface area contributed by atoms with E-state index >= 15 is 0 Å². The van der Waals surface area contributed by atoms with E-state index in [0.717, 1.165) is 60.6 Å². The highest BCUT2D eigenvalue weighted by Gasteiger charge is 2.36. The molecule has 0 unspecified atom stereocenters. The first-order chi connectivity index (χ1) is 16.8. The van der Waals surface area contributed by atoms with Crippen molar-refractivity contribution in [2.24, 2.45) is 5.41 Å². The van der Waals surface area contributed by atoms with Crippen LogP contribution >= 0.6 is 0 Å². The maximum Gasteiger partial charge on any atom is 0.337 e. The molecule has 0 radical (unpaired) electrons. The molecule has 2 aromatic rings. The number of carbonyl (C=O) groups is 1. The van der Waals surface area contributed by atoms with Gasteiger partial charge in [0.2, 0.25) is 0 Å². The lowest BCUT2D eigenvalue weighted by Crippen LogP contribution is -2.39. The lowest BCUT2D eigenvalue weighted by Gasteiger charge is -2.41. The molecule has 1 fully saturated rings. The molecule has 1 aromatic carbocycles. The second-order valence-electron chi connectivity index (χ2n) is 12.2. The molecule has 5 heteroatoms. The Bertz CT molecular complexity index is 1040. The maximum atomic E-state index is 12.6. The summed E-state index contributed by atoms with van der Waals surface area (Å²) in [5, 5.41) is 10.3. The molecular formula is C31H46N2O3. The Morgan fingerprint density at radius 3 is 2.22 bits per heavy atom. The summed E-state index contributed by atoms with van der Waals surface area (Å²) in [5.41, 5.74) is 6.43. The highest BCUT2D eigenvalue weighted by atomic mass is 16.5. The van der Waals surface area contributed by atoms with Gasteiger partial charge in [-0.1, -0.05) is 57.9 Å². The number of benzene rings is 1. The summed E-state index contributed by atoms with van der Waals surface area (Å²) >= 11 is 0. The number of unbranched alkanes of at least 4 members (excludes halogenated alkanes) is 2. The minimum absolute atomic E-state index is 0.280. The zero-order chi connectivity index (χ0) is 26.7. The van der Waals surface area contributed by atoms with Gasteiger partial charge >= 0.3 is 5.97 Å². The fourth-order valence-electron chi connectivity index (χ4n) is 5.17. The number of ether oxygens (including phenoxy) is 1. The number of rotatable bonds is 9. The van der Waals surface area contributed by atoms with Crippen molar-refractivity contribution >= 4 is 11.7 Å². The summed E-state index contributed by atoms with van der Waals surface area (Å²) in [6, 6.07) is 8.80. The van der Waals surface area contributed by atoms with E-state index in [9.17, 15) is 9.90 Å². The molecule has 1 aliphatic rings. The molecule has 36 heavy (non-hydrogen) atoms. The number of anilines is 1. The summed E-state index contributed by atoms with van der Waals surface area (Å²) in [6.45, 7) is 18.3. The van der Waals surface area contributed by atoms with Gasteiger partial charge in [0.15, 0.2) is 6.10 Å². The highest BCUT2D eigenvalue weighted by molar-refractivity contribution is 5.88. The van der Waals surface area contributed by atoms with Crippen molar-refractivity contribution in [3.63, 3.8) is 0 Å². The van der Waals surface area contributed by atoms with Crippen LogP contribution in [-0.4, -0.2) is 34.8 Å². The van der Waals surface area contributed by atoms with Crippen molar-refractivity contribution in [3.8, 4) is 11.1 Å². The van der Waals surface area contributed by atoms with Gasteiger partial charge in [-0.05, 0) is 76.8 Å². The zero-order valence-corrected chi connectivity index (χ0v) is 23.7. The average Bonchev–Trinajstić information content (AvgIpc) is 2.78. The number of aliphatic carboxylic acids is 1. The van der Waals surface area contributed by atoms with Crippen LogP contribution in [0.5, 0.6) is 0 Å². The number of hydrogen-bond acceptors (Lipinski definition) is 4. The Morgan fingerprint density at radius 2 is 1.69 bits per heavy atom. The van der Waals surface area contributed by atoms with Crippen molar-refractivity contribution in [2.75, 3.05) is 18.0 Å². The SMILES string of the molecule is CCCCCc1ccc(-c2c(C)nc(C)c([C@H](OC(C)(C)C)C(=O)O)c2N2CCC(C)(C)CC2)cc1. The van der Waals surface area contributed by atoms with E-state index in [-0.39, 0.29) is 5.41 Å². The molecule has 2 heterocycles. The monoisotopic (exact) mass is 494 g/mol. The summed E-state index contributed by atoms with van der Waals surface area (Å²) in [4.78, 5) is 19.9. The van der Waals surface area contributed by atoms with Gasteiger partial charge < -0.3 is 14.7 Å². The van der Waals surface area contributed by atoms with Crippen LogP contribution in [0.3, 0.4) is 0 Å². The fraction of sp³-hybridized carbons (Fsp3) is 0.613. The van der Waals surface area contributed by atoms with E-state index in [1.54, 1.807) is 0 Å². The molecule has 3 rings (SSSR count). The lowest BCUT2D eigenvalue weighted by atomic mass is 9.81. The van der Waals surface area contributed by atoms with Gasteiger partial charge in [-0.25, -0.2) is 4.79 Å². The number of carboxylic acids is 1. The molecule has 1 saturated heterocycles. The molecule has 0 aliphatic carbocycles. The van der Waals surface area contributed by atoms with Crippen LogP contribution in [0.15, 0.2) is 24.3 Å². The number of piperidine rings is 1. The van der Waals surface area contributed by atoms with Crippen molar-refractivity contribution in [3.05, 3.63) is 46.8 Å². The Morgan fingerprint density at radius 1 is 1.08 bits per heavy atom. The fourth-order valence-corrected chi connectivity index (χ4v) is 5.17. The van der Waals surface area contributed by atoms with Crippen LogP contribution in [0.2, 0.25) is 0 Å². The first-order valence-corrected chi connectivity index (χ1v) is 13.6. The van der Waals surface area contributed by atoms with Crippen LogP contribution in [0, 0.1) is 19.3 Å². The van der Waals surface area contributed by atoms with E-state index in [4.69, 9.17) is 9.72 Å². The minimum Gasteiger partial charge on any atom is -0.479 e. The quantitative estimate of drug-likeness (QED) is 0.362. The smallest absolute Gasteiger partial charge is 0.337 e. The molecule has 0 saturated carbocycles. The topological polar surface area (TPSA) is 62.7 Å². The van der Waals surface area contributed by atoms with Crippen LogP contribution in [0.4, 0.5) is 5.69 Å². The molecule has 1 N–H and O–H groups in total.